The van der Waals surface area contributed by atoms with Crippen LogP contribution in [0.15, 0.2) is 46.2 Å². The van der Waals surface area contributed by atoms with Crippen molar-refractivity contribution in [2.75, 3.05) is 10.0 Å². The van der Waals surface area contributed by atoms with Gasteiger partial charge in [0.05, 0.1) is 0 Å². The molecular formula is C12H6N6S+2. The van der Waals surface area contributed by atoms with Crippen molar-refractivity contribution in [3.05, 3.63) is 46.6 Å². The van der Waals surface area contributed by atoms with Crippen LogP contribution in [0.4, 0.5) is 22.7 Å². The monoisotopic (exact) mass is 266 g/mol. The molecule has 2 heterocycles. The van der Waals surface area contributed by atoms with Crippen molar-refractivity contribution in [2.45, 2.75) is 9.79 Å². The van der Waals surface area contributed by atoms with Crippen LogP contribution in [0.3, 0.4) is 0 Å². The van der Waals surface area contributed by atoms with E-state index in [0.29, 0.717) is 0 Å². The summed E-state index contributed by atoms with van der Waals surface area (Å²) in [6.45, 7) is 0. The molecule has 2 aromatic rings. The van der Waals surface area contributed by atoms with Gasteiger partial charge in [-0.3, -0.25) is 0 Å². The van der Waals surface area contributed by atoms with E-state index in [1.807, 2.05) is 36.4 Å². The van der Waals surface area contributed by atoms with Gasteiger partial charge in [-0.1, -0.05) is 23.9 Å². The van der Waals surface area contributed by atoms with Gasteiger partial charge >= 0.3 is 10.2 Å². The van der Waals surface area contributed by atoms with Gasteiger partial charge in [0.25, 0.3) is 10.8 Å². The summed E-state index contributed by atoms with van der Waals surface area (Å²) in [6.07, 6.45) is 0. The first-order valence-electron chi connectivity index (χ1n) is 5.59. The summed E-state index contributed by atoms with van der Waals surface area (Å²) in [5.41, 5.74) is 3.66. The van der Waals surface area contributed by atoms with Crippen molar-refractivity contribution in [1.29, 1.82) is 10.8 Å². The molecule has 0 N–H and O–H groups in total. The Balaban J connectivity index is 1.70. The second-order valence-electron chi connectivity index (χ2n) is 4.15. The van der Waals surface area contributed by atoms with Crippen LogP contribution >= 0.6 is 11.8 Å². The Morgan fingerprint density at radius 1 is 0.789 bits per heavy atom. The maximum atomic E-state index is 8.85. The lowest BCUT2D eigenvalue weighted by Gasteiger charge is -1.96. The highest BCUT2D eigenvalue weighted by molar-refractivity contribution is 7.99. The molecule has 0 radical (unpaired) electrons. The summed E-state index contributed by atoms with van der Waals surface area (Å²) >= 11 is 1.56. The third-order valence-electron chi connectivity index (χ3n) is 3.13. The minimum Gasteiger partial charge on any atom is -0.0850 e. The Bertz CT molecular complexity index is 735. The van der Waals surface area contributed by atoms with Crippen molar-refractivity contribution in [2.24, 2.45) is 0 Å². The number of fused-ring (bicyclic) bond motifs is 2. The lowest BCUT2D eigenvalue weighted by atomic mass is 10.4. The van der Waals surface area contributed by atoms with Crippen molar-refractivity contribution in [3.63, 3.8) is 0 Å². The molecule has 0 saturated carbocycles. The predicted octanol–water partition coefficient (Wildman–Crippen LogP) is 4.28. The van der Waals surface area contributed by atoms with Crippen molar-refractivity contribution < 1.29 is 0 Å². The Hall–Kier alpha value is -2.77. The fourth-order valence-corrected chi connectivity index (χ4v) is 3.28. The Morgan fingerprint density at radius 3 is 1.68 bits per heavy atom. The number of hydrogen-bond donors (Lipinski definition) is 0. The number of diazo groups is 2. The van der Waals surface area contributed by atoms with Gasteiger partial charge in [0.2, 0.25) is 0 Å². The molecule has 0 fully saturated rings. The van der Waals surface area contributed by atoms with Crippen LogP contribution in [0.25, 0.3) is 10.2 Å². The zero-order valence-corrected chi connectivity index (χ0v) is 10.4. The molecule has 19 heavy (non-hydrogen) atoms. The number of hydrogen-bond acceptors (Lipinski definition) is 5. The quantitative estimate of drug-likeness (QED) is 0.599. The normalized spacial score (nSPS) is 13.2. The maximum Gasteiger partial charge on any atom is 0.316 e. The van der Waals surface area contributed by atoms with Crippen molar-refractivity contribution >= 4 is 34.5 Å². The van der Waals surface area contributed by atoms with E-state index in [1.54, 1.807) is 11.8 Å². The molecule has 0 unspecified atom stereocenters. The van der Waals surface area contributed by atoms with Crippen LogP contribution in [-0.2, 0) is 0 Å². The summed E-state index contributed by atoms with van der Waals surface area (Å²) in [4.78, 5) is 2.02. The Kier molecular flexibility index (Phi) is 1.81. The van der Waals surface area contributed by atoms with Gasteiger partial charge in [0.1, 0.15) is 0 Å². The van der Waals surface area contributed by atoms with E-state index in [9.17, 15) is 0 Å². The first-order valence-corrected chi connectivity index (χ1v) is 6.41. The fourth-order valence-electron chi connectivity index (χ4n) is 2.18. The molecule has 0 bridgehead atoms. The highest BCUT2D eigenvalue weighted by atomic mass is 32.2. The molecule has 2 aliphatic heterocycles. The van der Waals surface area contributed by atoms with E-state index in [-0.39, 0.29) is 0 Å². The molecule has 7 heteroatoms. The van der Waals surface area contributed by atoms with Gasteiger partial charge in [-0.05, 0) is 24.3 Å². The van der Waals surface area contributed by atoms with E-state index < -0.39 is 0 Å². The first kappa shape index (κ1) is 10.2. The van der Waals surface area contributed by atoms with E-state index in [2.05, 4.69) is 10.2 Å². The standard InChI is InChI=1S/C12H6N6S/c13-15-17-7-3-1-5-9(11(7)17)19-10-6-2-4-8-12(10)18(8)16-14/h1-6H/q+2. The van der Waals surface area contributed by atoms with Gasteiger partial charge in [0, 0.05) is 19.8 Å². The van der Waals surface area contributed by atoms with Gasteiger partial charge in [-0.25, -0.2) is 0 Å². The van der Waals surface area contributed by atoms with Crippen molar-refractivity contribution in [3.8, 4) is 0 Å². The molecule has 0 aliphatic carbocycles. The molecule has 88 valence electrons. The molecular weight excluding hydrogens is 260 g/mol. The molecule has 2 aromatic carbocycles. The number of nitrogens with zero attached hydrogens (tertiary/aromatic N) is 6. The van der Waals surface area contributed by atoms with Gasteiger partial charge in [-0.2, -0.15) is 0 Å². The van der Waals surface area contributed by atoms with Crippen LogP contribution in [0.2, 0.25) is 0 Å². The molecule has 4 rings (SSSR count). The van der Waals surface area contributed by atoms with Crippen LogP contribution in [0.1, 0.15) is 0 Å². The highest BCUT2D eigenvalue weighted by Gasteiger charge is 2.47. The minimum absolute atomic E-state index is 0.910. The van der Waals surface area contributed by atoms with E-state index in [4.69, 9.17) is 10.8 Å². The van der Waals surface area contributed by atoms with Crippen LogP contribution < -0.4 is 10.0 Å². The second kappa shape index (κ2) is 3.37. The molecule has 0 amide bonds. The second-order valence-corrected chi connectivity index (χ2v) is 5.24. The van der Waals surface area contributed by atoms with Gasteiger partial charge in [0.15, 0.2) is 22.7 Å². The lowest BCUT2D eigenvalue weighted by Crippen LogP contribution is -1.80. The molecule has 6 nitrogen and oxygen atoms in total. The third kappa shape index (κ3) is 1.30. The smallest absolute Gasteiger partial charge is 0.0850 e. The average Bonchev–Trinajstić information content (AvgIpc) is 3.32. The van der Waals surface area contributed by atoms with E-state index in [0.717, 1.165) is 32.5 Å². The largest absolute Gasteiger partial charge is 0.316 e. The minimum atomic E-state index is 0.910. The topological polar surface area (TPSA) is 62.3 Å². The Labute approximate surface area is 112 Å². The van der Waals surface area contributed by atoms with Crippen molar-refractivity contribution in [1.82, 2.24) is 0 Å². The third-order valence-corrected chi connectivity index (χ3v) is 4.23. The predicted molar refractivity (Wildman–Crippen MR) is 71.5 cm³/mol. The zero-order valence-electron chi connectivity index (χ0n) is 9.56. The first-order chi connectivity index (χ1) is 9.35. The lowest BCUT2D eigenvalue weighted by molar-refractivity contribution is 1.31. The molecule has 0 saturated heterocycles. The SMILES string of the molecule is N#[N+]N1c2cccc(Sc3cccc4c3N4[N+]#N)c21. The zero-order chi connectivity index (χ0) is 13.0. The highest BCUT2D eigenvalue weighted by Crippen LogP contribution is 2.59. The number of benzene rings is 2. The summed E-state index contributed by atoms with van der Waals surface area (Å²) in [5.74, 6) is 0. The van der Waals surface area contributed by atoms with E-state index >= 15 is 0 Å². The average molecular weight is 266 g/mol. The molecule has 0 aromatic heterocycles. The maximum absolute atomic E-state index is 8.85. The fraction of sp³-hybridized carbons (Fsp3) is 0. The summed E-state index contributed by atoms with van der Waals surface area (Å²) in [5, 5.41) is 27.0. The summed E-state index contributed by atoms with van der Waals surface area (Å²) in [7, 11) is 0. The van der Waals surface area contributed by atoms with Gasteiger partial charge in [-0.15, -0.1) is 0 Å². The number of para-hydroxylation sites is 2. The van der Waals surface area contributed by atoms with Gasteiger partial charge < -0.3 is 0 Å². The Morgan fingerprint density at radius 2 is 1.26 bits per heavy atom. The number of rotatable bonds is 2. The molecule has 0 atom stereocenters. The van der Waals surface area contributed by atoms with Crippen LogP contribution in [0, 0.1) is 10.8 Å². The van der Waals surface area contributed by atoms with E-state index in [1.165, 1.54) is 10.0 Å². The van der Waals surface area contributed by atoms with Crippen LogP contribution in [0.5, 0.6) is 0 Å². The van der Waals surface area contributed by atoms with Crippen LogP contribution in [-0.4, -0.2) is 0 Å². The summed E-state index contributed by atoms with van der Waals surface area (Å²) < 4.78 is 0. The molecule has 2 aliphatic rings. The molecule has 0 spiro atoms. The number of anilines is 4. The summed E-state index contributed by atoms with van der Waals surface area (Å²) in [6, 6.07) is 11.6.